The number of ether oxygens (including phenoxy) is 1. The second kappa shape index (κ2) is 5.43. The largest absolute Gasteiger partial charge is 0.497 e. The summed E-state index contributed by atoms with van der Waals surface area (Å²) in [5.41, 5.74) is 6.15. The van der Waals surface area contributed by atoms with Gasteiger partial charge in [-0.1, -0.05) is 13.3 Å². The standard InChI is InChI=1S/C18H18N4O/c1-3-4-14-17-16(12-5-7-13(23-2)8-6-12)20-11-22(17)15-9-10-19-18(15)21-14/h5-11,19H,3-4H2,1-2H3. The minimum Gasteiger partial charge on any atom is -0.497 e. The predicted octanol–water partition coefficient (Wildman–Crippen LogP) is 3.84. The highest BCUT2D eigenvalue weighted by Crippen LogP contribution is 2.29. The molecule has 1 N–H and O–H groups in total. The van der Waals surface area contributed by atoms with E-state index in [4.69, 9.17) is 9.72 Å². The van der Waals surface area contributed by atoms with Gasteiger partial charge in [0, 0.05) is 11.8 Å². The van der Waals surface area contributed by atoms with Crippen LogP contribution in [-0.2, 0) is 6.42 Å². The van der Waals surface area contributed by atoms with Crippen LogP contribution in [0.1, 0.15) is 19.0 Å². The first kappa shape index (κ1) is 13.8. The number of nitrogens with zero attached hydrogens (tertiary/aromatic N) is 3. The Morgan fingerprint density at radius 1 is 1.17 bits per heavy atom. The summed E-state index contributed by atoms with van der Waals surface area (Å²) in [7, 11) is 1.67. The van der Waals surface area contributed by atoms with Crippen LogP contribution in [0.4, 0.5) is 0 Å². The van der Waals surface area contributed by atoms with Crippen LogP contribution in [0.3, 0.4) is 0 Å². The lowest BCUT2D eigenvalue weighted by Crippen LogP contribution is -1.98. The summed E-state index contributed by atoms with van der Waals surface area (Å²) in [6.45, 7) is 2.17. The van der Waals surface area contributed by atoms with E-state index < -0.39 is 0 Å². The van der Waals surface area contributed by atoms with Crippen LogP contribution >= 0.6 is 0 Å². The molecule has 0 aliphatic rings. The first-order valence-corrected chi connectivity index (χ1v) is 7.79. The molecular weight excluding hydrogens is 288 g/mol. The van der Waals surface area contributed by atoms with Crippen LogP contribution in [0.15, 0.2) is 42.9 Å². The molecule has 0 unspecified atom stereocenters. The first-order chi connectivity index (χ1) is 11.3. The molecule has 0 saturated carbocycles. The molecule has 23 heavy (non-hydrogen) atoms. The van der Waals surface area contributed by atoms with Crippen LogP contribution in [0, 0.1) is 0 Å². The van der Waals surface area contributed by atoms with Gasteiger partial charge in [-0.3, -0.25) is 4.40 Å². The second-order valence-corrected chi connectivity index (χ2v) is 5.56. The van der Waals surface area contributed by atoms with Crippen molar-refractivity contribution in [3.8, 4) is 17.0 Å². The number of methoxy groups -OCH3 is 1. The summed E-state index contributed by atoms with van der Waals surface area (Å²) in [5.74, 6) is 0.845. The monoisotopic (exact) mass is 306 g/mol. The van der Waals surface area contributed by atoms with Gasteiger partial charge in [0.05, 0.1) is 29.5 Å². The number of aryl methyl sites for hydroxylation is 1. The van der Waals surface area contributed by atoms with Gasteiger partial charge in [0.1, 0.15) is 12.1 Å². The van der Waals surface area contributed by atoms with Gasteiger partial charge in [-0.25, -0.2) is 9.97 Å². The molecule has 0 spiro atoms. The SMILES string of the molecule is CCCc1nc2[nH]ccc2n2cnc(-c3ccc(OC)cc3)c12. The summed E-state index contributed by atoms with van der Waals surface area (Å²) in [6, 6.07) is 10.0. The lowest BCUT2D eigenvalue weighted by Gasteiger charge is -2.07. The van der Waals surface area contributed by atoms with Crippen LogP contribution < -0.4 is 4.74 Å². The predicted molar refractivity (Wildman–Crippen MR) is 90.8 cm³/mol. The molecule has 5 nitrogen and oxygen atoms in total. The van der Waals surface area contributed by atoms with Crippen molar-refractivity contribution in [3.63, 3.8) is 0 Å². The Hall–Kier alpha value is -2.82. The van der Waals surface area contributed by atoms with E-state index in [-0.39, 0.29) is 0 Å². The fourth-order valence-corrected chi connectivity index (χ4v) is 3.00. The van der Waals surface area contributed by atoms with Crippen molar-refractivity contribution in [2.45, 2.75) is 19.8 Å². The molecule has 0 fully saturated rings. The zero-order valence-corrected chi connectivity index (χ0v) is 13.2. The first-order valence-electron chi connectivity index (χ1n) is 7.79. The van der Waals surface area contributed by atoms with Crippen molar-refractivity contribution in [2.75, 3.05) is 7.11 Å². The third kappa shape index (κ3) is 2.16. The minimum absolute atomic E-state index is 0.845. The van der Waals surface area contributed by atoms with Crippen LogP contribution in [0.25, 0.3) is 27.9 Å². The quantitative estimate of drug-likeness (QED) is 0.623. The molecule has 116 valence electrons. The zero-order chi connectivity index (χ0) is 15.8. The number of fused-ring (bicyclic) bond motifs is 3. The Bertz CT molecular complexity index is 966. The highest BCUT2D eigenvalue weighted by Gasteiger charge is 2.15. The number of imidazole rings is 1. The number of rotatable bonds is 4. The molecule has 0 bridgehead atoms. The average Bonchev–Trinajstić information content (AvgIpc) is 3.21. The van der Waals surface area contributed by atoms with Crippen molar-refractivity contribution in [2.24, 2.45) is 0 Å². The fraction of sp³-hybridized carbons (Fsp3) is 0.222. The number of aromatic amines is 1. The number of benzene rings is 1. The van der Waals surface area contributed by atoms with Crippen molar-refractivity contribution >= 4 is 16.7 Å². The summed E-state index contributed by atoms with van der Waals surface area (Å²) in [5, 5.41) is 0. The summed E-state index contributed by atoms with van der Waals surface area (Å²) >= 11 is 0. The molecule has 0 amide bonds. The number of nitrogens with one attached hydrogen (secondary N) is 1. The second-order valence-electron chi connectivity index (χ2n) is 5.56. The maximum atomic E-state index is 5.24. The van der Waals surface area contributed by atoms with Gasteiger partial charge in [0.2, 0.25) is 0 Å². The van der Waals surface area contributed by atoms with Crippen molar-refractivity contribution in [1.29, 1.82) is 0 Å². The Labute approximate surface area is 134 Å². The smallest absolute Gasteiger partial charge is 0.154 e. The Morgan fingerprint density at radius 2 is 2.00 bits per heavy atom. The van der Waals surface area contributed by atoms with Gasteiger partial charge < -0.3 is 9.72 Å². The highest BCUT2D eigenvalue weighted by molar-refractivity contribution is 5.85. The lowest BCUT2D eigenvalue weighted by atomic mass is 10.1. The van der Waals surface area contributed by atoms with E-state index in [0.29, 0.717) is 0 Å². The van der Waals surface area contributed by atoms with Gasteiger partial charge in [-0.05, 0) is 36.8 Å². The van der Waals surface area contributed by atoms with Crippen LogP contribution in [0.2, 0.25) is 0 Å². The Kier molecular flexibility index (Phi) is 3.26. The molecule has 1 aromatic carbocycles. The Balaban J connectivity index is 1.99. The normalized spacial score (nSPS) is 11.4. The topological polar surface area (TPSA) is 55.2 Å². The van der Waals surface area contributed by atoms with Crippen LogP contribution in [-0.4, -0.2) is 26.5 Å². The molecule has 0 atom stereocenters. The molecule has 3 aromatic heterocycles. The van der Waals surface area contributed by atoms with E-state index in [1.165, 1.54) is 0 Å². The van der Waals surface area contributed by atoms with E-state index in [0.717, 1.165) is 52.2 Å². The third-order valence-electron chi connectivity index (χ3n) is 4.10. The van der Waals surface area contributed by atoms with Gasteiger partial charge in [-0.15, -0.1) is 0 Å². The van der Waals surface area contributed by atoms with Gasteiger partial charge in [0.15, 0.2) is 5.65 Å². The van der Waals surface area contributed by atoms with Gasteiger partial charge in [-0.2, -0.15) is 0 Å². The molecule has 0 aliphatic heterocycles. The summed E-state index contributed by atoms with van der Waals surface area (Å²) in [6.07, 6.45) is 5.77. The van der Waals surface area contributed by atoms with Gasteiger partial charge >= 0.3 is 0 Å². The highest BCUT2D eigenvalue weighted by atomic mass is 16.5. The van der Waals surface area contributed by atoms with Gasteiger partial charge in [0.25, 0.3) is 0 Å². The van der Waals surface area contributed by atoms with Crippen LogP contribution in [0.5, 0.6) is 5.75 Å². The number of H-pyrrole nitrogens is 1. The lowest BCUT2D eigenvalue weighted by molar-refractivity contribution is 0.415. The minimum atomic E-state index is 0.845. The van der Waals surface area contributed by atoms with E-state index in [2.05, 4.69) is 21.3 Å². The molecule has 0 saturated heterocycles. The Morgan fingerprint density at radius 3 is 2.74 bits per heavy atom. The van der Waals surface area contributed by atoms with Crippen molar-refractivity contribution in [1.82, 2.24) is 19.4 Å². The number of hydrogen-bond donors (Lipinski definition) is 1. The van der Waals surface area contributed by atoms with E-state index in [1.807, 2.05) is 42.9 Å². The zero-order valence-electron chi connectivity index (χ0n) is 13.2. The van der Waals surface area contributed by atoms with E-state index >= 15 is 0 Å². The van der Waals surface area contributed by atoms with Crippen molar-refractivity contribution in [3.05, 3.63) is 48.5 Å². The van der Waals surface area contributed by atoms with E-state index in [1.54, 1.807) is 7.11 Å². The molecule has 0 radical (unpaired) electrons. The molecule has 5 heteroatoms. The average molecular weight is 306 g/mol. The summed E-state index contributed by atoms with van der Waals surface area (Å²) < 4.78 is 7.37. The molecule has 0 aliphatic carbocycles. The maximum Gasteiger partial charge on any atom is 0.154 e. The van der Waals surface area contributed by atoms with Crippen molar-refractivity contribution < 1.29 is 4.74 Å². The number of hydrogen-bond acceptors (Lipinski definition) is 3. The molecular formula is C18H18N4O. The molecule has 4 rings (SSSR count). The summed E-state index contributed by atoms with van der Waals surface area (Å²) in [4.78, 5) is 12.7. The maximum absolute atomic E-state index is 5.24. The third-order valence-corrected chi connectivity index (χ3v) is 4.10. The molecule has 3 heterocycles. The fourth-order valence-electron chi connectivity index (χ4n) is 3.00. The van der Waals surface area contributed by atoms with E-state index in [9.17, 15) is 0 Å². The molecule has 4 aromatic rings. The number of aromatic nitrogens is 4.